The summed E-state index contributed by atoms with van der Waals surface area (Å²) in [7, 11) is 0. The van der Waals surface area contributed by atoms with Gasteiger partial charge in [-0.05, 0) is 55.8 Å². The summed E-state index contributed by atoms with van der Waals surface area (Å²) in [5.41, 5.74) is 5.94. The van der Waals surface area contributed by atoms with Gasteiger partial charge in [-0.25, -0.2) is 4.79 Å². The van der Waals surface area contributed by atoms with Crippen LogP contribution in [0.15, 0.2) is 84.9 Å². The summed E-state index contributed by atoms with van der Waals surface area (Å²) in [6.45, 7) is 7.54. The van der Waals surface area contributed by atoms with E-state index in [0.717, 1.165) is 56.1 Å². The molecule has 0 saturated carbocycles. The fourth-order valence-corrected chi connectivity index (χ4v) is 4.95. The standard InChI is InChI=1S/C32H31NO3/c1-4-35-32(34)31-30(27-21-22(2)17-18-23(27)3)26-14-7-8-15-28(26)33(31)19-10-20-36-29-16-9-12-24-11-5-6-13-25(24)29/h5-9,11-18,21H,4,10,19-20H2,1-3H3. The lowest BCUT2D eigenvalue weighted by atomic mass is 9.96. The van der Waals surface area contributed by atoms with Crippen molar-refractivity contribution in [3.63, 3.8) is 0 Å². The molecule has 4 heteroatoms. The number of rotatable bonds is 8. The largest absolute Gasteiger partial charge is 0.493 e. The molecule has 5 aromatic rings. The lowest BCUT2D eigenvalue weighted by Gasteiger charge is -2.14. The van der Waals surface area contributed by atoms with Gasteiger partial charge in [0.25, 0.3) is 0 Å². The highest BCUT2D eigenvalue weighted by Gasteiger charge is 2.25. The minimum Gasteiger partial charge on any atom is -0.493 e. The molecule has 0 spiro atoms. The average molecular weight is 478 g/mol. The van der Waals surface area contributed by atoms with Crippen molar-refractivity contribution in [2.24, 2.45) is 0 Å². The molecule has 0 fully saturated rings. The van der Waals surface area contributed by atoms with E-state index < -0.39 is 0 Å². The first-order valence-corrected chi connectivity index (χ1v) is 12.5. The molecule has 182 valence electrons. The number of para-hydroxylation sites is 1. The van der Waals surface area contributed by atoms with Crippen LogP contribution in [0.5, 0.6) is 5.75 Å². The number of nitrogens with zero attached hydrogens (tertiary/aromatic N) is 1. The number of carbonyl (C=O) groups is 1. The van der Waals surface area contributed by atoms with Crippen molar-refractivity contribution in [2.45, 2.75) is 33.7 Å². The molecular formula is C32H31NO3. The second kappa shape index (κ2) is 10.3. The first kappa shape index (κ1) is 23.7. The smallest absolute Gasteiger partial charge is 0.355 e. The number of benzene rings is 4. The van der Waals surface area contributed by atoms with E-state index in [-0.39, 0.29) is 5.97 Å². The fraction of sp³-hybridized carbons (Fsp3) is 0.219. The third kappa shape index (κ3) is 4.47. The van der Waals surface area contributed by atoms with Crippen molar-refractivity contribution in [3.8, 4) is 16.9 Å². The molecule has 0 aliphatic carbocycles. The van der Waals surface area contributed by atoms with Gasteiger partial charge in [0.05, 0.1) is 13.2 Å². The first-order chi connectivity index (χ1) is 17.6. The third-order valence-corrected chi connectivity index (χ3v) is 6.64. The summed E-state index contributed by atoms with van der Waals surface area (Å²) in [6.07, 6.45) is 0.751. The zero-order chi connectivity index (χ0) is 25.1. The second-order valence-corrected chi connectivity index (χ2v) is 9.11. The molecule has 0 aliphatic heterocycles. The molecule has 4 nitrogen and oxygen atoms in total. The van der Waals surface area contributed by atoms with Gasteiger partial charge in [0.1, 0.15) is 11.4 Å². The van der Waals surface area contributed by atoms with Crippen molar-refractivity contribution >= 4 is 27.6 Å². The lowest BCUT2D eigenvalue weighted by Crippen LogP contribution is -2.15. The van der Waals surface area contributed by atoms with Crippen LogP contribution in [0.25, 0.3) is 32.8 Å². The number of hydrogen-bond acceptors (Lipinski definition) is 3. The number of fused-ring (bicyclic) bond motifs is 2. The van der Waals surface area contributed by atoms with Crippen molar-refractivity contribution < 1.29 is 14.3 Å². The van der Waals surface area contributed by atoms with E-state index in [1.54, 1.807) is 0 Å². The normalized spacial score (nSPS) is 11.2. The number of aromatic nitrogens is 1. The van der Waals surface area contributed by atoms with E-state index in [9.17, 15) is 4.79 Å². The van der Waals surface area contributed by atoms with Gasteiger partial charge in [-0.3, -0.25) is 0 Å². The first-order valence-electron chi connectivity index (χ1n) is 12.5. The van der Waals surface area contributed by atoms with E-state index >= 15 is 0 Å². The molecular weight excluding hydrogens is 446 g/mol. The number of ether oxygens (including phenoxy) is 2. The van der Waals surface area contributed by atoms with Crippen LogP contribution >= 0.6 is 0 Å². The molecule has 36 heavy (non-hydrogen) atoms. The van der Waals surface area contributed by atoms with Gasteiger partial charge in [-0.2, -0.15) is 0 Å². The Balaban J connectivity index is 1.51. The van der Waals surface area contributed by atoms with Crippen molar-refractivity contribution in [3.05, 3.63) is 102 Å². The summed E-state index contributed by atoms with van der Waals surface area (Å²) in [5.74, 6) is 0.590. The summed E-state index contributed by atoms with van der Waals surface area (Å²) < 4.78 is 13.9. The van der Waals surface area contributed by atoms with Gasteiger partial charge < -0.3 is 14.0 Å². The van der Waals surface area contributed by atoms with E-state index in [2.05, 4.69) is 66.9 Å². The van der Waals surface area contributed by atoms with Crippen LogP contribution in [0.2, 0.25) is 0 Å². The quantitative estimate of drug-likeness (QED) is 0.170. The SMILES string of the molecule is CCOC(=O)c1c(-c2cc(C)ccc2C)c2ccccc2n1CCCOc1cccc2ccccc12. The maximum atomic E-state index is 13.4. The van der Waals surface area contributed by atoms with E-state index in [1.807, 2.05) is 43.3 Å². The van der Waals surface area contributed by atoms with Crippen LogP contribution in [-0.4, -0.2) is 23.8 Å². The molecule has 4 aromatic carbocycles. The molecule has 1 heterocycles. The number of carbonyl (C=O) groups excluding carboxylic acids is 1. The predicted molar refractivity (Wildman–Crippen MR) is 147 cm³/mol. The maximum Gasteiger partial charge on any atom is 0.355 e. The molecule has 0 bridgehead atoms. The van der Waals surface area contributed by atoms with E-state index in [4.69, 9.17) is 9.47 Å². The minimum atomic E-state index is -0.292. The fourth-order valence-electron chi connectivity index (χ4n) is 4.95. The van der Waals surface area contributed by atoms with Crippen LogP contribution in [0.4, 0.5) is 0 Å². The van der Waals surface area contributed by atoms with Crippen LogP contribution < -0.4 is 4.74 Å². The zero-order valence-electron chi connectivity index (χ0n) is 21.1. The van der Waals surface area contributed by atoms with Gasteiger partial charge in [0.2, 0.25) is 0 Å². The number of esters is 1. The lowest BCUT2D eigenvalue weighted by molar-refractivity contribution is 0.0515. The summed E-state index contributed by atoms with van der Waals surface area (Å²) in [5, 5.41) is 3.33. The number of aryl methyl sites for hydroxylation is 3. The topological polar surface area (TPSA) is 40.5 Å². The van der Waals surface area contributed by atoms with Crippen molar-refractivity contribution in [1.29, 1.82) is 0 Å². The maximum absolute atomic E-state index is 13.4. The summed E-state index contributed by atoms with van der Waals surface area (Å²) in [4.78, 5) is 13.4. The molecule has 0 radical (unpaired) electrons. The highest BCUT2D eigenvalue weighted by molar-refractivity contribution is 6.09. The van der Waals surface area contributed by atoms with Crippen LogP contribution in [0.1, 0.15) is 35.0 Å². The summed E-state index contributed by atoms with van der Waals surface area (Å²) in [6, 6.07) is 29.0. The number of hydrogen-bond donors (Lipinski definition) is 0. The molecule has 0 saturated heterocycles. The van der Waals surface area contributed by atoms with E-state index in [0.29, 0.717) is 25.5 Å². The highest BCUT2D eigenvalue weighted by Crippen LogP contribution is 2.38. The molecule has 0 aliphatic rings. The molecule has 0 amide bonds. The Hall–Kier alpha value is -4.05. The van der Waals surface area contributed by atoms with Crippen molar-refractivity contribution in [2.75, 3.05) is 13.2 Å². The van der Waals surface area contributed by atoms with Crippen LogP contribution in [0.3, 0.4) is 0 Å². The van der Waals surface area contributed by atoms with Gasteiger partial charge in [-0.15, -0.1) is 0 Å². The Morgan fingerprint density at radius 1 is 0.861 bits per heavy atom. The Labute approximate surface area is 212 Å². The minimum absolute atomic E-state index is 0.292. The molecule has 0 atom stereocenters. The van der Waals surface area contributed by atoms with Gasteiger partial charge >= 0.3 is 5.97 Å². The van der Waals surface area contributed by atoms with Gasteiger partial charge in [0.15, 0.2) is 0 Å². The second-order valence-electron chi connectivity index (χ2n) is 9.11. The van der Waals surface area contributed by atoms with E-state index in [1.165, 1.54) is 0 Å². The van der Waals surface area contributed by atoms with Crippen LogP contribution in [0, 0.1) is 13.8 Å². The predicted octanol–water partition coefficient (Wildman–Crippen LogP) is 7.72. The zero-order valence-corrected chi connectivity index (χ0v) is 21.1. The highest BCUT2D eigenvalue weighted by atomic mass is 16.5. The molecule has 0 unspecified atom stereocenters. The molecule has 0 N–H and O–H groups in total. The van der Waals surface area contributed by atoms with Crippen LogP contribution in [-0.2, 0) is 11.3 Å². The Morgan fingerprint density at radius 2 is 1.61 bits per heavy atom. The molecule has 5 rings (SSSR count). The average Bonchev–Trinajstić information content (AvgIpc) is 3.22. The Bertz CT molecular complexity index is 1540. The Kier molecular flexibility index (Phi) is 6.77. The summed E-state index contributed by atoms with van der Waals surface area (Å²) >= 11 is 0. The van der Waals surface area contributed by atoms with Gasteiger partial charge in [0, 0.05) is 28.4 Å². The molecule has 1 aromatic heterocycles. The van der Waals surface area contributed by atoms with Gasteiger partial charge in [-0.1, -0.05) is 78.4 Å². The Morgan fingerprint density at radius 3 is 2.44 bits per heavy atom. The van der Waals surface area contributed by atoms with Crippen molar-refractivity contribution in [1.82, 2.24) is 4.57 Å². The third-order valence-electron chi connectivity index (χ3n) is 6.64. The monoisotopic (exact) mass is 477 g/mol.